The van der Waals surface area contributed by atoms with E-state index in [0.29, 0.717) is 5.69 Å². The topological polar surface area (TPSA) is 93.3 Å². The summed E-state index contributed by atoms with van der Waals surface area (Å²) in [6.07, 6.45) is -3.56. The number of pyridine rings is 1. The molecule has 0 saturated carbocycles. The van der Waals surface area contributed by atoms with Gasteiger partial charge in [0.15, 0.2) is 0 Å². The molecule has 0 unspecified atom stereocenters. The Kier molecular flexibility index (Phi) is 7.69. The fourth-order valence-corrected chi connectivity index (χ4v) is 0.509. The summed E-state index contributed by atoms with van der Waals surface area (Å²) in [6, 6.07) is 5.02. The number of carbonyl (C=O) groups excluding carboxylic acids is 1. The molecule has 0 bridgehead atoms. The van der Waals surface area contributed by atoms with E-state index < -0.39 is 18.1 Å². The van der Waals surface area contributed by atoms with E-state index in [1.807, 2.05) is 0 Å². The number of amides is 1. The Bertz CT molecular complexity index is 370. The van der Waals surface area contributed by atoms with Crippen molar-refractivity contribution in [3.63, 3.8) is 0 Å². The van der Waals surface area contributed by atoms with Gasteiger partial charge in [0.1, 0.15) is 5.69 Å². The quantitative estimate of drug-likeness (QED) is 0.804. The first kappa shape index (κ1) is 17.6. The maximum absolute atomic E-state index is 10.6. The smallest absolute Gasteiger partial charge is 0.475 e. The van der Waals surface area contributed by atoms with E-state index in [1.54, 1.807) is 18.2 Å². The van der Waals surface area contributed by atoms with Crippen LogP contribution < -0.4 is 5.73 Å². The summed E-state index contributed by atoms with van der Waals surface area (Å²) in [6.45, 7) is 0. The summed E-state index contributed by atoms with van der Waals surface area (Å²) in [4.78, 5) is 23.0. The minimum absolute atomic E-state index is 0. The van der Waals surface area contributed by atoms with E-state index in [0.717, 1.165) is 0 Å². The molecule has 0 aromatic carbocycles. The first-order chi connectivity index (χ1) is 7.25. The number of carbonyl (C=O) groups is 2. The molecule has 1 aromatic heterocycles. The van der Waals surface area contributed by atoms with E-state index in [-0.39, 0.29) is 12.4 Å². The van der Waals surface area contributed by atoms with Crippen molar-refractivity contribution >= 4 is 24.3 Å². The highest BCUT2D eigenvalue weighted by Crippen LogP contribution is 2.13. The van der Waals surface area contributed by atoms with Crippen molar-refractivity contribution < 1.29 is 27.9 Å². The predicted molar refractivity (Wildman–Crippen MR) is 53.7 cm³/mol. The Balaban J connectivity index is 0. The monoisotopic (exact) mass is 272 g/mol. The van der Waals surface area contributed by atoms with Gasteiger partial charge in [-0.15, -0.1) is 12.4 Å². The number of carboxylic acids is 1. The maximum atomic E-state index is 10.6. The number of nitrogens with zero attached hydrogens (tertiary/aromatic N) is 1. The van der Waals surface area contributed by atoms with Crippen molar-refractivity contribution in [3.05, 3.63) is 30.1 Å². The molecule has 0 aliphatic heterocycles. The number of aromatic nitrogens is 1. The normalized spacial score (nSPS) is 9.35. The van der Waals surface area contributed by atoms with E-state index in [4.69, 9.17) is 15.6 Å². The Morgan fingerprint density at radius 2 is 1.76 bits per heavy atom. The number of halogens is 4. The van der Waals surface area contributed by atoms with E-state index >= 15 is 0 Å². The molecule has 0 spiro atoms. The van der Waals surface area contributed by atoms with Crippen LogP contribution in [-0.2, 0) is 4.79 Å². The third kappa shape index (κ3) is 8.03. The highest BCUT2D eigenvalue weighted by molar-refractivity contribution is 5.90. The lowest BCUT2D eigenvalue weighted by Gasteiger charge is -1.93. The lowest BCUT2D eigenvalue weighted by Crippen LogP contribution is -2.21. The van der Waals surface area contributed by atoms with Crippen LogP contribution >= 0.6 is 12.4 Å². The van der Waals surface area contributed by atoms with Crippen molar-refractivity contribution in [2.24, 2.45) is 5.73 Å². The van der Waals surface area contributed by atoms with Gasteiger partial charge in [0, 0.05) is 6.20 Å². The van der Waals surface area contributed by atoms with Gasteiger partial charge in [0.2, 0.25) is 0 Å². The number of carboxylic acid groups (broad SMARTS) is 1. The molecule has 0 aliphatic rings. The van der Waals surface area contributed by atoms with Crippen LogP contribution in [0.25, 0.3) is 0 Å². The molecule has 1 aromatic rings. The lowest BCUT2D eigenvalue weighted by atomic mass is 10.3. The second kappa shape index (κ2) is 7.44. The molecule has 17 heavy (non-hydrogen) atoms. The molecular formula is C8H8ClF3N2O3. The van der Waals surface area contributed by atoms with Gasteiger partial charge in [-0.3, -0.25) is 9.78 Å². The molecule has 1 rings (SSSR count). The summed E-state index contributed by atoms with van der Waals surface area (Å²) in [5.74, 6) is -3.25. The van der Waals surface area contributed by atoms with Gasteiger partial charge in [-0.05, 0) is 12.1 Å². The molecule has 5 nitrogen and oxygen atoms in total. The number of hydrogen-bond acceptors (Lipinski definition) is 3. The lowest BCUT2D eigenvalue weighted by molar-refractivity contribution is -0.192. The average molecular weight is 273 g/mol. The molecule has 0 radical (unpaired) electrons. The predicted octanol–water partition coefficient (Wildman–Crippen LogP) is 1.24. The first-order valence-corrected chi connectivity index (χ1v) is 3.76. The van der Waals surface area contributed by atoms with E-state index in [2.05, 4.69) is 4.98 Å². The molecule has 0 saturated heterocycles. The number of alkyl halides is 3. The standard InChI is InChI=1S/C6H6N2O.C2HF3O2.ClH/c7-6(9)5-3-1-2-4-8-5;3-2(4,5)1(6)7;/h1-4H,(H2,7,9);(H,6,7);1H. The van der Waals surface area contributed by atoms with Gasteiger partial charge in [-0.25, -0.2) is 4.79 Å². The van der Waals surface area contributed by atoms with Gasteiger partial charge >= 0.3 is 12.1 Å². The second-order valence-electron chi connectivity index (χ2n) is 2.38. The average Bonchev–Trinajstić information content (AvgIpc) is 2.18. The number of rotatable bonds is 1. The van der Waals surface area contributed by atoms with Gasteiger partial charge in [0.25, 0.3) is 5.91 Å². The molecule has 0 aliphatic carbocycles. The van der Waals surface area contributed by atoms with Crippen LogP contribution in [0, 0.1) is 0 Å². The number of primary amides is 1. The molecule has 3 N–H and O–H groups in total. The molecule has 9 heteroatoms. The Hall–Kier alpha value is -1.83. The number of aliphatic carboxylic acids is 1. The zero-order valence-corrected chi connectivity index (χ0v) is 8.96. The minimum Gasteiger partial charge on any atom is -0.475 e. The molecule has 0 atom stereocenters. The van der Waals surface area contributed by atoms with Crippen LogP contribution in [0.5, 0.6) is 0 Å². The van der Waals surface area contributed by atoms with Crippen molar-refractivity contribution in [3.8, 4) is 0 Å². The van der Waals surface area contributed by atoms with Gasteiger partial charge < -0.3 is 10.8 Å². The SMILES string of the molecule is Cl.NC(=O)c1ccccn1.O=C(O)C(F)(F)F. The van der Waals surface area contributed by atoms with Gasteiger partial charge in [0.05, 0.1) is 0 Å². The van der Waals surface area contributed by atoms with Crippen LogP contribution in [0.2, 0.25) is 0 Å². The summed E-state index contributed by atoms with van der Waals surface area (Å²) < 4.78 is 31.7. The summed E-state index contributed by atoms with van der Waals surface area (Å²) in [5.41, 5.74) is 5.22. The zero-order valence-electron chi connectivity index (χ0n) is 8.14. The largest absolute Gasteiger partial charge is 0.490 e. The minimum atomic E-state index is -5.08. The summed E-state index contributed by atoms with van der Waals surface area (Å²) in [5, 5.41) is 7.12. The maximum Gasteiger partial charge on any atom is 0.490 e. The Labute approximate surface area is 99.9 Å². The zero-order chi connectivity index (χ0) is 12.8. The molecule has 1 amide bonds. The third-order valence-electron chi connectivity index (χ3n) is 1.16. The molecular weight excluding hydrogens is 265 g/mol. The van der Waals surface area contributed by atoms with Crippen LogP contribution in [0.4, 0.5) is 13.2 Å². The number of nitrogens with two attached hydrogens (primary N) is 1. The van der Waals surface area contributed by atoms with Crippen LogP contribution in [0.1, 0.15) is 10.5 Å². The van der Waals surface area contributed by atoms with Crippen molar-refractivity contribution in [1.29, 1.82) is 0 Å². The van der Waals surface area contributed by atoms with E-state index in [9.17, 15) is 18.0 Å². The second-order valence-corrected chi connectivity index (χ2v) is 2.38. The van der Waals surface area contributed by atoms with Gasteiger partial charge in [-0.2, -0.15) is 13.2 Å². The van der Waals surface area contributed by atoms with Crippen molar-refractivity contribution in [2.75, 3.05) is 0 Å². The van der Waals surface area contributed by atoms with Gasteiger partial charge in [-0.1, -0.05) is 6.07 Å². The fraction of sp³-hybridized carbons (Fsp3) is 0.125. The fourth-order valence-electron chi connectivity index (χ4n) is 0.509. The van der Waals surface area contributed by atoms with E-state index in [1.165, 1.54) is 6.20 Å². The van der Waals surface area contributed by atoms with Crippen LogP contribution in [-0.4, -0.2) is 28.1 Å². The highest BCUT2D eigenvalue weighted by atomic mass is 35.5. The summed E-state index contributed by atoms with van der Waals surface area (Å²) in [7, 11) is 0. The Morgan fingerprint density at radius 1 is 1.29 bits per heavy atom. The third-order valence-corrected chi connectivity index (χ3v) is 1.16. The molecule has 0 fully saturated rings. The van der Waals surface area contributed by atoms with Crippen LogP contribution in [0.3, 0.4) is 0 Å². The van der Waals surface area contributed by atoms with Crippen molar-refractivity contribution in [2.45, 2.75) is 6.18 Å². The first-order valence-electron chi connectivity index (χ1n) is 3.76. The van der Waals surface area contributed by atoms with Crippen molar-refractivity contribution in [1.82, 2.24) is 4.98 Å². The highest BCUT2D eigenvalue weighted by Gasteiger charge is 2.38. The Morgan fingerprint density at radius 3 is 1.94 bits per heavy atom. The van der Waals surface area contributed by atoms with Crippen LogP contribution in [0.15, 0.2) is 24.4 Å². The molecule has 1 heterocycles. The molecule has 96 valence electrons. The summed E-state index contributed by atoms with van der Waals surface area (Å²) >= 11 is 0. The number of hydrogen-bond donors (Lipinski definition) is 2.